The first-order valence-corrected chi connectivity index (χ1v) is 12.4. The van der Waals surface area contributed by atoms with Gasteiger partial charge in [0.1, 0.15) is 0 Å². The molecule has 0 amide bonds. The van der Waals surface area contributed by atoms with Crippen molar-refractivity contribution in [3.63, 3.8) is 0 Å². The maximum Gasteiger partial charge on any atom is 0.0511 e. The van der Waals surface area contributed by atoms with Crippen molar-refractivity contribution in [3.8, 4) is 22.3 Å². The van der Waals surface area contributed by atoms with Crippen LogP contribution >= 0.6 is 15.9 Å². The van der Waals surface area contributed by atoms with Gasteiger partial charge < -0.3 is 4.90 Å². The van der Waals surface area contributed by atoms with Gasteiger partial charge in [0.05, 0.1) is 5.69 Å². The molecule has 0 fully saturated rings. The van der Waals surface area contributed by atoms with Crippen molar-refractivity contribution in [2.45, 2.75) is 13.3 Å². The molecule has 0 aromatic heterocycles. The van der Waals surface area contributed by atoms with Gasteiger partial charge in [-0.3, -0.25) is 0 Å². The van der Waals surface area contributed by atoms with Crippen LogP contribution in [0, 0.1) is 0 Å². The Bertz CT molecular complexity index is 1330. The summed E-state index contributed by atoms with van der Waals surface area (Å²) in [5.74, 6) is 0. The summed E-state index contributed by atoms with van der Waals surface area (Å²) in [6.07, 6.45) is 0.906. The van der Waals surface area contributed by atoms with Crippen LogP contribution in [0.5, 0.6) is 0 Å². The van der Waals surface area contributed by atoms with E-state index in [1.165, 1.54) is 33.5 Å². The number of hydrogen-bond acceptors (Lipinski definition) is 1. The molecule has 5 rings (SSSR count). The summed E-state index contributed by atoms with van der Waals surface area (Å²) in [5.41, 5.74) is 9.72. The molecule has 1 nitrogen and oxygen atoms in total. The molecule has 0 aliphatic carbocycles. The third-order valence-electron chi connectivity index (χ3n) is 6.11. The highest BCUT2D eigenvalue weighted by Gasteiger charge is 2.23. The molecule has 0 unspecified atom stereocenters. The monoisotopic (exact) mass is 503 g/mol. The highest BCUT2D eigenvalue weighted by molar-refractivity contribution is 9.10. The Morgan fingerprint density at radius 1 is 0.559 bits per heavy atom. The first-order valence-electron chi connectivity index (χ1n) is 11.6. The zero-order valence-corrected chi connectivity index (χ0v) is 20.7. The van der Waals surface area contributed by atoms with Crippen LogP contribution < -0.4 is 4.90 Å². The third-order valence-corrected chi connectivity index (χ3v) is 6.74. The predicted octanol–water partition coefficient (Wildman–Crippen LogP) is 9.82. The van der Waals surface area contributed by atoms with E-state index in [4.69, 9.17) is 0 Å². The van der Waals surface area contributed by atoms with Crippen molar-refractivity contribution in [2.75, 3.05) is 4.90 Å². The van der Waals surface area contributed by atoms with E-state index >= 15 is 0 Å². The van der Waals surface area contributed by atoms with Crippen molar-refractivity contribution in [2.24, 2.45) is 0 Å². The molecule has 0 saturated carbocycles. The first-order chi connectivity index (χ1) is 16.8. The Kier molecular flexibility index (Phi) is 6.60. The SMILES string of the molecule is CCc1c(N(c2ccccc2)c2ccccc2)cc(Br)c(-c2ccccc2)c1-c1ccccc1. The van der Waals surface area contributed by atoms with E-state index in [1.807, 2.05) is 0 Å². The summed E-state index contributed by atoms with van der Waals surface area (Å²) in [6.45, 7) is 2.25. The van der Waals surface area contributed by atoms with Crippen LogP contribution in [0.2, 0.25) is 0 Å². The largest absolute Gasteiger partial charge is 0.310 e. The van der Waals surface area contributed by atoms with Gasteiger partial charge in [0.2, 0.25) is 0 Å². The maximum atomic E-state index is 3.98. The molecule has 0 aliphatic rings. The van der Waals surface area contributed by atoms with E-state index in [9.17, 15) is 0 Å². The van der Waals surface area contributed by atoms with Crippen LogP contribution in [0.3, 0.4) is 0 Å². The average molecular weight is 504 g/mol. The molecule has 0 radical (unpaired) electrons. The minimum atomic E-state index is 0.906. The Morgan fingerprint density at radius 2 is 0.971 bits per heavy atom. The summed E-state index contributed by atoms with van der Waals surface area (Å²) in [7, 11) is 0. The van der Waals surface area contributed by atoms with Crippen LogP contribution in [0.1, 0.15) is 12.5 Å². The molecule has 34 heavy (non-hydrogen) atoms. The normalized spacial score (nSPS) is 10.8. The molecule has 166 valence electrons. The highest BCUT2D eigenvalue weighted by Crippen LogP contribution is 2.47. The van der Waals surface area contributed by atoms with Gasteiger partial charge in [-0.1, -0.05) is 120 Å². The summed E-state index contributed by atoms with van der Waals surface area (Å²) < 4.78 is 1.08. The first kappa shape index (κ1) is 22.2. The van der Waals surface area contributed by atoms with Crippen LogP contribution in [0.15, 0.2) is 132 Å². The smallest absolute Gasteiger partial charge is 0.0511 e. The predicted molar refractivity (Wildman–Crippen MR) is 149 cm³/mol. The lowest BCUT2D eigenvalue weighted by Gasteiger charge is -2.30. The Morgan fingerprint density at radius 3 is 1.41 bits per heavy atom. The lowest BCUT2D eigenvalue weighted by molar-refractivity contribution is 1.11. The second-order valence-corrected chi connectivity index (χ2v) is 9.05. The summed E-state index contributed by atoms with van der Waals surface area (Å²) >= 11 is 3.98. The Balaban J connectivity index is 1.86. The highest BCUT2D eigenvalue weighted by atomic mass is 79.9. The summed E-state index contributed by atoms with van der Waals surface area (Å²) in [5, 5.41) is 0. The van der Waals surface area contributed by atoms with Gasteiger partial charge in [0, 0.05) is 21.4 Å². The molecule has 5 aromatic carbocycles. The minimum Gasteiger partial charge on any atom is -0.310 e. The van der Waals surface area contributed by atoms with Crippen molar-refractivity contribution in [3.05, 3.63) is 137 Å². The Labute approximate surface area is 210 Å². The molecule has 5 aromatic rings. The van der Waals surface area contributed by atoms with Gasteiger partial charge in [-0.15, -0.1) is 0 Å². The standard InChI is InChI=1S/C32H26BrN/c1-2-28-30(34(26-19-11-5-12-20-26)27-21-13-6-14-22-27)23-29(33)32(25-17-9-4-10-18-25)31(28)24-15-7-3-8-16-24/h3-23H,2H2,1H3. The fraction of sp³-hybridized carbons (Fsp3) is 0.0625. The zero-order chi connectivity index (χ0) is 23.3. The van der Waals surface area contributed by atoms with Gasteiger partial charge >= 0.3 is 0 Å². The quantitative estimate of drug-likeness (QED) is 0.222. The molecular formula is C32H26BrN. The number of para-hydroxylation sites is 2. The lowest BCUT2D eigenvalue weighted by Crippen LogP contribution is -2.13. The fourth-order valence-electron chi connectivity index (χ4n) is 4.63. The molecule has 0 N–H and O–H groups in total. The molecule has 0 heterocycles. The molecular weight excluding hydrogens is 478 g/mol. The average Bonchev–Trinajstić information content (AvgIpc) is 2.91. The Hall–Kier alpha value is -3.62. The fourth-order valence-corrected chi connectivity index (χ4v) is 5.27. The number of hydrogen-bond donors (Lipinski definition) is 0. The second-order valence-electron chi connectivity index (χ2n) is 8.20. The van der Waals surface area contributed by atoms with E-state index in [1.54, 1.807) is 0 Å². The van der Waals surface area contributed by atoms with Crippen molar-refractivity contribution >= 4 is 33.0 Å². The molecule has 0 aliphatic heterocycles. The van der Waals surface area contributed by atoms with E-state index < -0.39 is 0 Å². The number of rotatable bonds is 6. The number of nitrogens with zero attached hydrogens (tertiary/aromatic N) is 1. The minimum absolute atomic E-state index is 0.906. The number of benzene rings is 5. The van der Waals surface area contributed by atoms with Gasteiger partial charge in [0.25, 0.3) is 0 Å². The van der Waals surface area contributed by atoms with Crippen LogP contribution in [-0.2, 0) is 6.42 Å². The summed E-state index contributed by atoms with van der Waals surface area (Å²) in [4.78, 5) is 2.37. The van der Waals surface area contributed by atoms with Crippen molar-refractivity contribution in [1.29, 1.82) is 0 Å². The van der Waals surface area contributed by atoms with Gasteiger partial charge in [0.15, 0.2) is 0 Å². The van der Waals surface area contributed by atoms with E-state index in [0.29, 0.717) is 0 Å². The second kappa shape index (κ2) is 10.1. The number of halogens is 1. The maximum absolute atomic E-state index is 3.98. The van der Waals surface area contributed by atoms with Crippen LogP contribution in [-0.4, -0.2) is 0 Å². The lowest BCUT2D eigenvalue weighted by atomic mass is 9.88. The molecule has 0 spiro atoms. The number of anilines is 3. The van der Waals surface area contributed by atoms with Crippen LogP contribution in [0.25, 0.3) is 22.3 Å². The van der Waals surface area contributed by atoms with Crippen molar-refractivity contribution in [1.82, 2.24) is 0 Å². The van der Waals surface area contributed by atoms with Crippen molar-refractivity contribution < 1.29 is 0 Å². The zero-order valence-electron chi connectivity index (χ0n) is 19.2. The summed E-state index contributed by atoms with van der Waals surface area (Å²) in [6, 6.07) is 44.9. The van der Waals surface area contributed by atoms with E-state index in [2.05, 4.69) is 155 Å². The van der Waals surface area contributed by atoms with Gasteiger partial charge in [-0.25, -0.2) is 0 Å². The molecule has 2 heteroatoms. The molecule has 0 atom stereocenters. The molecule has 0 saturated heterocycles. The third kappa shape index (κ3) is 4.30. The van der Waals surface area contributed by atoms with Gasteiger partial charge in [-0.2, -0.15) is 0 Å². The van der Waals surface area contributed by atoms with E-state index in [-0.39, 0.29) is 0 Å². The topological polar surface area (TPSA) is 3.24 Å². The van der Waals surface area contributed by atoms with Gasteiger partial charge in [-0.05, 0) is 59.0 Å². The molecule has 0 bridgehead atoms. The van der Waals surface area contributed by atoms with E-state index in [0.717, 1.165) is 22.3 Å². The van der Waals surface area contributed by atoms with Crippen LogP contribution in [0.4, 0.5) is 17.1 Å².